The zero-order valence-corrected chi connectivity index (χ0v) is 19.8. The predicted molar refractivity (Wildman–Crippen MR) is 131 cm³/mol. The average Bonchev–Trinajstić information content (AvgIpc) is 3.09. The monoisotopic (exact) mass is 477 g/mol. The standard InChI is InChI=1S/C26H24ClN3O4/c1-29(2)19-10-7-16(8-11-19)23-22(24(31)20-14-17(27)9-12-21(20)34-3)25(32)26(33)30(23)15-18-6-4-5-13-28-18/h4-14,23,31H,15H2,1-3H3/b24-22+. The first kappa shape index (κ1) is 23.3. The molecule has 2 aromatic carbocycles. The number of Topliss-reactive ketones (excluding diaryl/α,β-unsaturated/α-hetero) is 1. The maximum absolute atomic E-state index is 13.3. The number of ether oxygens (including phenoxy) is 1. The van der Waals surface area contributed by atoms with E-state index in [0.717, 1.165) is 5.69 Å². The van der Waals surface area contributed by atoms with Crippen LogP contribution in [0.25, 0.3) is 5.76 Å². The van der Waals surface area contributed by atoms with Gasteiger partial charge in [-0.25, -0.2) is 0 Å². The number of hydrogen-bond acceptors (Lipinski definition) is 6. The third kappa shape index (κ3) is 4.34. The first-order chi connectivity index (χ1) is 16.3. The first-order valence-corrected chi connectivity index (χ1v) is 11.0. The molecule has 1 atom stereocenters. The van der Waals surface area contributed by atoms with E-state index in [0.29, 0.717) is 22.0 Å². The summed E-state index contributed by atoms with van der Waals surface area (Å²) in [7, 11) is 5.30. The van der Waals surface area contributed by atoms with E-state index in [1.165, 1.54) is 18.1 Å². The Morgan fingerprint density at radius 1 is 1.12 bits per heavy atom. The van der Waals surface area contributed by atoms with Gasteiger partial charge in [0.2, 0.25) is 0 Å². The highest BCUT2D eigenvalue weighted by Crippen LogP contribution is 2.42. The molecule has 1 aliphatic heterocycles. The maximum Gasteiger partial charge on any atom is 0.296 e. The fourth-order valence-electron chi connectivity index (χ4n) is 4.02. The highest BCUT2D eigenvalue weighted by atomic mass is 35.5. The second-order valence-electron chi connectivity index (χ2n) is 8.08. The lowest BCUT2D eigenvalue weighted by Crippen LogP contribution is -2.29. The fourth-order valence-corrected chi connectivity index (χ4v) is 4.19. The Balaban J connectivity index is 1.90. The molecule has 3 aromatic rings. The molecule has 1 amide bonds. The number of anilines is 1. The van der Waals surface area contributed by atoms with Crippen LogP contribution < -0.4 is 9.64 Å². The summed E-state index contributed by atoms with van der Waals surface area (Å²) in [6.07, 6.45) is 1.63. The van der Waals surface area contributed by atoms with Crippen molar-refractivity contribution in [3.63, 3.8) is 0 Å². The first-order valence-electron chi connectivity index (χ1n) is 10.6. The zero-order chi connectivity index (χ0) is 24.4. The number of benzene rings is 2. The zero-order valence-electron chi connectivity index (χ0n) is 19.0. The van der Waals surface area contributed by atoms with E-state index >= 15 is 0 Å². The molecule has 4 rings (SSSR count). The third-order valence-electron chi connectivity index (χ3n) is 5.74. The van der Waals surface area contributed by atoms with Gasteiger partial charge in [-0.15, -0.1) is 0 Å². The Morgan fingerprint density at radius 2 is 1.85 bits per heavy atom. The van der Waals surface area contributed by atoms with Crippen molar-refractivity contribution in [2.75, 3.05) is 26.1 Å². The summed E-state index contributed by atoms with van der Waals surface area (Å²) in [4.78, 5) is 34.1. The number of hydrogen-bond donors (Lipinski definition) is 1. The number of aromatic nitrogens is 1. The number of halogens is 1. The van der Waals surface area contributed by atoms with Gasteiger partial charge in [-0.05, 0) is 48.0 Å². The quantitative estimate of drug-likeness (QED) is 0.321. The molecule has 1 fully saturated rings. The second-order valence-corrected chi connectivity index (χ2v) is 8.52. The molecule has 0 aliphatic carbocycles. The van der Waals surface area contributed by atoms with Crippen molar-refractivity contribution in [1.82, 2.24) is 9.88 Å². The van der Waals surface area contributed by atoms with Gasteiger partial charge in [0.25, 0.3) is 11.7 Å². The summed E-state index contributed by atoms with van der Waals surface area (Å²) in [6.45, 7) is 0.106. The highest BCUT2D eigenvalue weighted by Gasteiger charge is 2.46. The van der Waals surface area contributed by atoms with E-state index in [2.05, 4.69) is 4.98 Å². The number of carbonyl (C=O) groups is 2. The van der Waals surface area contributed by atoms with Crippen LogP contribution in [0.1, 0.15) is 22.9 Å². The van der Waals surface area contributed by atoms with Crippen molar-refractivity contribution in [3.8, 4) is 5.75 Å². The summed E-state index contributed by atoms with van der Waals surface area (Å²) < 4.78 is 5.37. The van der Waals surface area contributed by atoms with Crippen molar-refractivity contribution in [3.05, 3.63) is 94.3 Å². The van der Waals surface area contributed by atoms with Gasteiger partial charge >= 0.3 is 0 Å². The molecule has 8 heteroatoms. The molecular formula is C26H24ClN3O4. The number of likely N-dealkylation sites (tertiary alicyclic amines) is 1. The molecule has 174 valence electrons. The topological polar surface area (TPSA) is 83.0 Å². The van der Waals surface area contributed by atoms with E-state index in [-0.39, 0.29) is 23.4 Å². The van der Waals surface area contributed by atoms with Crippen molar-refractivity contribution in [1.29, 1.82) is 0 Å². The summed E-state index contributed by atoms with van der Waals surface area (Å²) in [6, 6.07) is 16.8. The van der Waals surface area contributed by atoms with Crippen LogP contribution in [-0.2, 0) is 16.1 Å². The number of carbonyl (C=O) groups excluding carboxylic acids is 2. The van der Waals surface area contributed by atoms with Crippen LogP contribution in [0.3, 0.4) is 0 Å². The van der Waals surface area contributed by atoms with Crippen molar-refractivity contribution in [2.24, 2.45) is 0 Å². The van der Waals surface area contributed by atoms with Crippen molar-refractivity contribution < 1.29 is 19.4 Å². The van der Waals surface area contributed by atoms with Crippen LogP contribution in [0.4, 0.5) is 5.69 Å². The lowest BCUT2D eigenvalue weighted by Gasteiger charge is -2.25. The molecule has 34 heavy (non-hydrogen) atoms. The number of aliphatic hydroxyl groups is 1. The number of ketones is 1. The van der Waals surface area contributed by atoms with E-state index in [9.17, 15) is 14.7 Å². The molecule has 1 saturated heterocycles. The lowest BCUT2D eigenvalue weighted by molar-refractivity contribution is -0.140. The number of methoxy groups -OCH3 is 1. The minimum atomic E-state index is -0.818. The van der Waals surface area contributed by atoms with Gasteiger partial charge in [0, 0.05) is 31.0 Å². The van der Waals surface area contributed by atoms with Gasteiger partial charge in [-0.3, -0.25) is 14.6 Å². The van der Waals surface area contributed by atoms with E-state index in [1.54, 1.807) is 30.5 Å². The molecular weight excluding hydrogens is 454 g/mol. The van der Waals surface area contributed by atoms with Gasteiger partial charge in [0.1, 0.15) is 11.5 Å². The van der Waals surface area contributed by atoms with Crippen LogP contribution in [0.2, 0.25) is 5.02 Å². The van der Waals surface area contributed by atoms with Gasteiger partial charge in [-0.1, -0.05) is 29.8 Å². The van der Waals surface area contributed by atoms with Crippen LogP contribution in [0.15, 0.2) is 72.4 Å². The van der Waals surface area contributed by atoms with Crippen LogP contribution in [0, 0.1) is 0 Å². The minimum absolute atomic E-state index is 0.0286. The van der Waals surface area contributed by atoms with E-state index in [4.69, 9.17) is 16.3 Å². The number of aliphatic hydroxyl groups excluding tert-OH is 1. The summed E-state index contributed by atoms with van der Waals surface area (Å²) in [5, 5.41) is 11.7. The highest BCUT2D eigenvalue weighted by molar-refractivity contribution is 6.46. The molecule has 0 saturated carbocycles. The Morgan fingerprint density at radius 3 is 2.47 bits per heavy atom. The van der Waals surface area contributed by atoms with Crippen LogP contribution >= 0.6 is 11.6 Å². The van der Waals surface area contributed by atoms with E-state index < -0.39 is 17.7 Å². The van der Waals surface area contributed by atoms with Gasteiger partial charge in [0.05, 0.1) is 36.5 Å². The molecule has 2 heterocycles. The Bertz CT molecular complexity index is 1260. The van der Waals surface area contributed by atoms with Crippen molar-refractivity contribution in [2.45, 2.75) is 12.6 Å². The molecule has 1 aliphatic rings. The SMILES string of the molecule is COc1ccc(Cl)cc1/C(O)=C1\C(=O)C(=O)N(Cc2ccccn2)C1c1ccc(N(C)C)cc1. The Labute approximate surface area is 202 Å². The molecule has 0 radical (unpaired) electrons. The Hall–Kier alpha value is -3.84. The van der Waals surface area contributed by atoms with Crippen LogP contribution in [0.5, 0.6) is 5.75 Å². The van der Waals surface area contributed by atoms with Gasteiger partial charge < -0.3 is 19.6 Å². The summed E-state index contributed by atoms with van der Waals surface area (Å²) in [5.41, 5.74) is 2.48. The molecule has 0 spiro atoms. The molecule has 1 aromatic heterocycles. The smallest absolute Gasteiger partial charge is 0.296 e. The van der Waals surface area contributed by atoms with Crippen LogP contribution in [-0.4, -0.2) is 47.9 Å². The molecule has 1 unspecified atom stereocenters. The molecule has 7 nitrogen and oxygen atoms in total. The number of amides is 1. The fraction of sp³-hybridized carbons (Fsp3) is 0.192. The molecule has 0 bridgehead atoms. The lowest BCUT2D eigenvalue weighted by atomic mass is 9.94. The second kappa shape index (κ2) is 9.57. The predicted octanol–water partition coefficient (Wildman–Crippen LogP) is 4.43. The van der Waals surface area contributed by atoms with Gasteiger partial charge in [0.15, 0.2) is 0 Å². The third-order valence-corrected chi connectivity index (χ3v) is 5.98. The number of nitrogens with zero attached hydrogens (tertiary/aromatic N) is 3. The van der Waals surface area contributed by atoms with Crippen molar-refractivity contribution >= 4 is 34.7 Å². The summed E-state index contributed by atoms with van der Waals surface area (Å²) in [5.74, 6) is -1.51. The van der Waals surface area contributed by atoms with E-state index in [1.807, 2.05) is 49.3 Å². The summed E-state index contributed by atoms with van der Waals surface area (Å²) >= 11 is 6.16. The molecule has 1 N–H and O–H groups in total. The minimum Gasteiger partial charge on any atom is -0.507 e. The maximum atomic E-state index is 13.3. The normalized spacial score (nSPS) is 17.2. The largest absolute Gasteiger partial charge is 0.507 e. The van der Waals surface area contributed by atoms with Gasteiger partial charge in [-0.2, -0.15) is 0 Å². The average molecular weight is 478 g/mol. The Kier molecular flexibility index (Phi) is 6.56. The number of rotatable bonds is 6. The number of pyridine rings is 1.